The fourth-order valence-corrected chi connectivity index (χ4v) is 4.57. The standard InChI is InChI=1S/C26H26ClN3O6/c1-34-19-7-6-17(13-18(19)27)24(31)22-23(16-5-8-20(35-2)21(14-16)36-3)30(26(33)25(22)32)11-4-10-29-12-9-28-15-29/h5-9,12-15,23H,4,10-11H2,1-3H3,(H,31,32). The SMILES string of the molecule is COc1ccc(C([O-])=C2C(=O)C(=O)N(CCC[n+]3cc[nH]c3)C2c2ccc(OC)c(OC)c2)cc1Cl. The molecule has 0 spiro atoms. The number of nitrogens with one attached hydrogen (secondary N) is 1. The van der Waals surface area contributed by atoms with Gasteiger partial charge in [-0.15, -0.1) is 0 Å². The van der Waals surface area contributed by atoms with Gasteiger partial charge in [-0.2, -0.15) is 0 Å². The molecule has 1 aliphatic heterocycles. The van der Waals surface area contributed by atoms with E-state index in [1.165, 1.54) is 38.4 Å². The molecule has 1 fully saturated rings. The van der Waals surface area contributed by atoms with Crippen LogP contribution in [0.4, 0.5) is 0 Å². The molecule has 10 heteroatoms. The highest BCUT2D eigenvalue weighted by Crippen LogP contribution is 2.42. The van der Waals surface area contributed by atoms with Crippen LogP contribution >= 0.6 is 11.6 Å². The summed E-state index contributed by atoms with van der Waals surface area (Å²) in [7, 11) is 4.47. The second kappa shape index (κ2) is 10.7. The maximum absolute atomic E-state index is 13.6. The van der Waals surface area contributed by atoms with Gasteiger partial charge in [-0.3, -0.25) is 14.6 Å². The van der Waals surface area contributed by atoms with Crippen LogP contribution in [0, 0.1) is 0 Å². The van der Waals surface area contributed by atoms with Crippen LogP contribution in [0.5, 0.6) is 17.2 Å². The van der Waals surface area contributed by atoms with E-state index in [9.17, 15) is 14.7 Å². The molecule has 1 atom stereocenters. The topological polar surface area (TPSA) is 108 Å². The van der Waals surface area contributed by atoms with Crippen molar-refractivity contribution in [1.29, 1.82) is 0 Å². The summed E-state index contributed by atoms with van der Waals surface area (Å²) in [6, 6.07) is 8.70. The molecule has 3 aromatic rings. The lowest BCUT2D eigenvalue weighted by atomic mass is 9.95. The van der Waals surface area contributed by atoms with Crippen LogP contribution in [0.1, 0.15) is 23.6 Å². The quantitative estimate of drug-likeness (QED) is 0.204. The Morgan fingerprint density at radius 2 is 1.78 bits per heavy atom. The number of benzene rings is 2. The van der Waals surface area contributed by atoms with Gasteiger partial charge < -0.3 is 24.2 Å². The number of ether oxygens (including phenoxy) is 3. The van der Waals surface area contributed by atoms with Crippen molar-refractivity contribution in [3.63, 3.8) is 0 Å². The third-order valence-corrected chi connectivity index (χ3v) is 6.38. The van der Waals surface area contributed by atoms with E-state index >= 15 is 0 Å². The molecule has 188 valence electrons. The molecule has 1 aliphatic rings. The largest absolute Gasteiger partial charge is 0.872 e. The molecular formula is C26H26ClN3O6. The van der Waals surface area contributed by atoms with Crippen molar-refractivity contribution < 1.29 is 33.5 Å². The summed E-state index contributed by atoms with van der Waals surface area (Å²) in [4.78, 5) is 30.8. The van der Waals surface area contributed by atoms with Crippen molar-refractivity contribution in [2.45, 2.75) is 19.0 Å². The van der Waals surface area contributed by atoms with Gasteiger partial charge in [0.1, 0.15) is 18.1 Å². The Bertz CT molecular complexity index is 1310. The molecule has 1 unspecified atom stereocenters. The number of nitrogens with zero attached hydrogens (tertiary/aromatic N) is 2. The Hall–Kier alpha value is -3.98. The first-order valence-corrected chi connectivity index (χ1v) is 11.6. The van der Waals surface area contributed by atoms with Crippen molar-refractivity contribution in [2.24, 2.45) is 0 Å². The van der Waals surface area contributed by atoms with Gasteiger partial charge >= 0.3 is 0 Å². The van der Waals surface area contributed by atoms with E-state index in [1.54, 1.807) is 36.8 Å². The lowest BCUT2D eigenvalue weighted by molar-refractivity contribution is -0.695. The lowest BCUT2D eigenvalue weighted by Crippen LogP contribution is -2.36. The van der Waals surface area contributed by atoms with Gasteiger partial charge in [-0.1, -0.05) is 29.5 Å². The minimum Gasteiger partial charge on any atom is -0.872 e. The van der Waals surface area contributed by atoms with E-state index in [2.05, 4.69) is 4.98 Å². The fourth-order valence-electron chi connectivity index (χ4n) is 4.32. The van der Waals surface area contributed by atoms with Crippen molar-refractivity contribution in [3.8, 4) is 17.2 Å². The Morgan fingerprint density at radius 1 is 1.06 bits per heavy atom. The van der Waals surface area contributed by atoms with Crippen LogP contribution in [0.25, 0.3) is 5.76 Å². The molecule has 4 rings (SSSR count). The summed E-state index contributed by atoms with van der Waals surface area (Å²) in [5.41, 5.74) is 0.610. The Morgan fingerprint density at radius 3 is 2.42 bits per heavy atom. The predicted octanol–water partition coefficient (Wildman–Crippen LogP) is 2.30. The molecule has 2 aromatic carbocycles. The normalized spacial score (nSPS) is 16.9. The number of carbonyl (C=O) groups excluding carboxylic acids is 2. The second-order valence-corrected chi connectivity index (χ2v) is 8.55. The molecule has 1 aromatic heterocycles. The summed E-state index contributed by atoms with van der Waals surface area (Å²) < 4.78 is 17.9. The maximum atomic E-state index is 13.6. The number of H-pyrrole nitrogens is 1. The number of Topliss-reactive ketones (excluding diaryl/α,β-unsaturated/α-hetero) is 1. The number of aryl methyl sites for hydroxylation is 1. The van der Waals surface area contributed by atoms with Crippen LogP contribution in [-0.2, 0) is 16.1 Å². The van der Waals surface area contributed by atoms with Crippen LogP contribution in [0.2, 0.25) is 5.02 Å². The third-order valence-electron chi connectivity index (χ3n) is 6.08. The molecule has 0 bridgehead atoms. The molecule has 9 nitrogen and oxygen atoms in total. The summed E-state index contributed by atoms with van der Waals surface area (Å²) in [6.45, 7) is 0.888. The molecule has 2 heterocycles. The average Bonchev–Trinajstić information content (AvgIpc) is 3.50. The van der Waals surface area contributed by atoms with Crippen LogP contribution < -0.4 is 23.9 Å². The number of amides is 1. The molecular weight excluding hydrogens is 486 g/mol. The predicted molar refractivity (Wildman–Crippen MR) is 130 cm³/mol. The molecule has 1 amide bonds. The number of hydrogen-bond acceptors (Lipinski definition) is 6. The zero-order chi connectivity index (χ0) is 25.8. The number of likely N-dealkylation sites (tertiary alicyclic amines) is 1. The van der Waals surface area contributed by atoms with Crippen molar-refractivity contribution >= 4 is 29.1 Å². The highest BCUT2D eigenvalue weighted by Gasteiger charge is 2.44. The Balaban J connectivity index is 1.79. The summed E-state index contributed by atoms with van der Waals surface area (Å²) in [5, 5.41) is 13.8. The van der Waals surface area contributed by atoms with E-state index in [1.807, 2.05) is 10.8 Å². The summed E-state index contributed by atoms with van der Waals surface area (Å²) in [6.07, 6.45) is 6.04. The minimum atomic E-state index is -0.894. The van der Waals surface area contributed by atoms with Crippen molar-refractivity contribution in [2.75, 3.05) is 27.9 Å². The molecule has 36 heavy (non-hydrogen) atoms. The van der Waals surface area contributed by atoms with E-state index < -0.39 is 23.5 Å². The number of imidazole rings is 1. The minimum absolute atomic E-state index is 0.136. The molecule has 0 saturated carbocycles. The maximum Gasteiger partial charge on any atom is 0.295 e. The van der Waals surface area contributed by atoms with Gasteiger partial charge in [0.2, 0.25) is 12.1 Å². The van der Waals surface area contributed by atoms with Crippen LogP contribution in [0.3, 0.4) is 0 Å². The number of aromatic amines is 1. The molecule has 0 aliphatic carbocycles. The zero-order valence-electron chi connectivity index (χ0n) is 20.1. The van der Waals surface area contributed by atoms with Gasteiger partial charge in [0.15, 0.2) is 11.5 Å². The van der Waals surface area contributed by atoms with Gasteiger partial charge in [-0.25, -0.2) is 4.57 Å². The molecule has 1 saturated heterocycles. The monoisotopic (exact) mass is 511 g/mol. The third kappa shape index (κ3) is 4.74. The number of ketones is 1. The first-order chi connectivity index (χ1) is 17.4. The zero-order valence-corrected chi connectivity index (χ0v) is 20.9. The highest BCUT2D eigenvalue weighted by atomic mass is 35.5. The van der Waals surface area contributed by atoms with Crippen LogP contribution in [-0.4, -0.2) is 49.4 Å². The second-order valence-electron chi connectivity index (χ2n) is 8.14. The number of hydrogen-bond donors (Lipinski definition) is 1. The van der Waals surface area contributed by atoms with Crippen LogP contribution in [0.15, 0.2) is 60.7 Å². The Labute approximate surface area is 213 Å². The molecule has 0 radical (unpaired) electrons. The summed E-state index contributed by atoms with van der Waals surface area (Å²) in [5.74, 6) is -0.823. The number of methoxy groups -OCH3 is 3. The van der Waals surface area contributed by atoms with Gasteiger partial charge in [0.25, 0.3) is 5.91 Å². The number of carbonyl (C=O) groups is 2. The highest BCUT2D eigenvalue weighted by molar-refractivity contribution is 6.46. The number of aromatic nitrogens is 2. The Kier molecular flexibility index (Phi) is 7.49. The van der Waals surface area contributed by atoms with E-state index in [4.69, 9.17) is 25.8 Å². The van der Waals surface area contributed by atoms with E-state index in [0.29, 0.717) is 35.8 Å². The fraction of sp³-hybridized carbons (Fsp3) is 0.269. The van der Waals surface area contributed by atoms with Gasteiger partial charge in [0, 0.05) is 18.5 Å². The first-order valence-electron chi connectivity index (χ1n) is 11.2. The van der Waals surface area contributed by atoms with Crippen molar-refractivity contribution in [3.05, 3.63) is 76.8 Å². The van der Waals surface area contributed by atoms with E-state index in [-0.39, 0.29) is 22.7 Å². The lowest BCUT2D eigenvalue weighted by Gasteiger charge is -2.28. The average molecular weight is 512 g/mol. The first kappa shape index (κ1) is 25.1. The van der Waals surface area contributed by atoms with Gasteiger partial charge in [0.05, 0.1) is 38.9 Å². The van der Waals surface area contributed by atoms with Crippen molar-refractivity contribution in [1.82, 2.24) is 9.88 Å². The van der Waals surface area contributed by atoms with E-state index in [0.717, 1.165) is 0 Å². The number of halogens is 1. The number of rotatable bonds is 9. The molecule has 1 N–H and O–H groups in total. The van der Waals surface area contributed by atoms with Gasteiger partial charge in [-0.05, 0) is 35.4 Å². The smallest absolute Gasteiger partial charge is 0.295 e. The summed E-state index contributed by atoms with van der Waals surface area (Å²) >= 11 is 6.23.